The number of aryl methyl sites for hydroxylation is 1. The van der Waals surface area contributed by atoms with E-state index in [1.807, 2.05) is 38.1 Å². The summed E-state index contributed by atoms with van der Waals surface area (Å²) in [4.78, 5) is 13.8. The number of hydrogen-bond donors (Lipinski definition) is 2. The molecule has 0 spiro atoms. The molecule has 2 aromatic rings. The number of amides is 2. The number of aromatic nitrogens is 2. The van der Waals surface area contributed by atoms with E-state index in [0.717, 1.165) is 10.8 Å². The number of hydrogen-bond acceptors (Lipinski definition) is 6. The molecule has 2 heterocycles. The third-order valence-corrected chi connectivity index (χ3v) is 3.45. The molecule has 2 rings (SSSR count). The minimum atomic E-state index is -0.306. The van der Waals surface area contributed by atoms with Gasteiger partial charge in [-0.3, -0.25) is 10.2 Å². The first-order valence-corrected chi connectivity index (χ1v) is 6.92. The highest BCUT2D eigenvalue weighted by Gasteiger charge is 2.18. The molecule has 0 fully saturated rings. The van der Waals surface area contributed by atoms with Crippen LogP contribution in [0.15, 0.2) is 22.8 Å². The highest BCUT2D eigenvalue weighted by molar-refractivity contribution is 7.15. The zero-order valence-corrected chi connectivity index (χ0v) is 12.4. The van der Waals surface area contributed by atoms with Crippen molar-refractivity contribution in [1.29, 1.82) is 0 Å². The van der Waals surface area contributed by atoms with Crippen LogP contribution in [0, 0.1) is 6.92 Å². The maximum absolute atomic E-state index is 11.8. The van der Waals surface area contributed by atoms with E-state index in [-0.39, 0.29) is 12.1 Å². The zero-order chi connectivity index (χ0) is 14.5. The van der Waals surface area contributed by atoms with E-state index in [4.69, 9.17) is 4.42 Å². The zero-order valence-electron chi connectivity index (χ0n) is 11.6. The Kier molecular flexibility index (Phi) is 4.70. The van der Waals surface area contributed by atoms with Crippen molar-refractivity contribution in [3.05, 3.63) is 29.2 Å². The molecule has 108 valence electrons. The van der Waals surface area contributed by atoms with Crippen LogP contribution < -0.4 is 10.6 Å². The lowest BCUT2D eigenvalue weighted by Crippen LogP contribution is -2.36. The Morgan fingerprint density at radius 3 is 2.85 bits per heavy atom. The monoisotopic (exact) mass is 295 g/mol. The number of rotatable bonds is 5. The van der Waals surface area contributed by atoms with Gasteiger partial charge in [-0.15, -0.1) is 10.2 Å². The number of anilines is 1. The summed E-state index contributed by atoms with van der Waals surface area (Å²) in [5.41, 5.74) is 0. The van der Waals surface area contributed by atoms with Crippen molar-refractivity contribution in [3.63, 3.8) is 0 Å². The quantitative estimate of drug-likeness (QED) is 0.879. The highest BCUT2D eigenvalue weighted by Crippen LogP contribution is 2.18. The highest BCUT2D eigenvalue weighted by atomic mass is 32.1. The second-order valence-electron chi connectivity index (χ2n) is 4.46. The van der Waals surface area contributed by atoms with Crippen molar-refractivity contribution in [2.45, 2.75) is 13.0 Å². The fourth-order valence-corrected chi connectivity index (χ4v) is 2.28. The van der Waals surface area contributed by atoms with Crippen molar-refractivity contribution < 1.29 is 9.21 Å². The maximum atomic E-state index is 11.8. The lowest BCUT2D eigenvalue weighted by atomic mass is 10.2. The van der Waals surface area contributed by atoms with E-state index in [2.05, 4.69) is 20.8 Å². The summed E-state index contributed by atoms with van der Waals surface area (Å²) in [6.45, 7) is 2.27. The predicted octanol–water partition coefficient (Wildman–Crippen LogP) is 1.86. The summed E-state index contributed by atoms with van der Waals surface area (Å²) in [5, 5.41) is 14.4. The second kappa shape index (κ2) is 6.49. The Morgan fingerprint density at radius 2 is 2.30 bits per heavy atom. The molecule has 0 radical (unpaired) electrons. The third kappa shape index (κ3) is 3.78. The summed E-state index contributed by atoms with van der Waals surface area (Å²) >= 11 is 1.33. The molecule has 0 aliphatic carbocycles. The van der Waals surface area contributed by atoms with Crippen molar-refractivity contribution in [2.75, 3.05) is 26.0 Å². The molecule has 0 saturated heterocycles. The van der Waals surface area contributed by atoms with E-state index in [1.165, 1.54) is 11.3 Å². The lowest BCUT2D eigenvalue weighted by molar-refractivity contribution is 0.233. The van der Waals surface area contributed by atoms with Gasteiger partial charge in [-0.25, -0.2) is 4.79 Å². The first-order valence-electron chi connectivity index (χ1n) is 6.11. The van der Waals surface area contributed by atoms with Crippen LogP contribution in [0.1, 0.15) is 16.8 Å². The van der Waals surface area contributed by atoms with E-state index in [0.29, 0.717) is 11.7 Å². The smallest absolute Gasteiger partial charge is 0.321 e. The number of urea groups is 1. The Balaban J connectivity index is 1.88. The molecule has 7 nitrogen and oxygen atoms in total. The minimum absolute atomic E-state index is 0.0214. The Morgan fingerprint density at radius 1 is 1.50 bits per heavy atom. The van der Waals surface area contributed by atoms with Gasteiger partial charge in [-0.05, 0) is 33.2 Å². The van der Waals surface area contributed by atoms with Crippen LogP contribution >= 0.6 is 11.3 Å². The summed E-state index contributed by atoms with van der Waals surface area (Å²) in [5.74, 6) is 0.807. The van der Waals surface area contributed by atoms with Crippen LogP contribution in [0.3, 0.4) is 0 Å². The number of likely N-dealkylation sites (N-methyl/N-ethyl adjacent to an activating group) is 1. The molecule has 2 amide bonds. The van der Waals surface area contributed by atoms with Crippen LogP contribution in [0.25, 0.3) is 0 Å². The Hall–Kier alpha value is -1.93. The van der Waals surface area contributed by atoms with E-state index in [1.54, 1.807) is 6.26 Å². The number of carbonyl (C=O) groups is 1. The standard InChI is InChI=1S/C12H17N5O2S/c1-8-15-16-12(20-8)14-11(18)13-7-9(17(2)3)10-5-4-6-19-10/h4-6,9H,7H2,1-3H3,(H2,13,14,16,18)/t9-/m1/s1. The van der Waals surface area contributed by atoms with Crippen molar-refractivity contribution in [1.82, 2.24) is 20.4 Å². The first kappa shape index (κ1) is 14.5. The van der Waals surface area contributed by atoms with Crippen molar-refractivity contribution in [2.24, 2.45) is 0 Å². The van der Waals surface area contributed by atoms with Gasteiger partial charge >= 0.3 is 6.03 Å². The summed E-state index contributed by atoms with van der Waals surface area (Å²) < 4.78 is 5.38. The Bertz CT molecular complexity index is 552. The van der Waals surface area contributed by atoms with Gasteiger partial charge in [-0.1, -0.05) is 11.3 Å². The number of nitrogens with one attached hydrogen (secondary N) is 2. The van der Waals surface area contributed by atoms with Gasteiger partial charge in [0.05, 0.1) is 12.3 Å². The van der Waals surface area contributed by atoms with Gasteiger partial charge in [-0.2, -0.15) is 0 Å². The van der Waals surface area contributed by atoms with Gasteiger partial charge in [0, 0.05) is 6.54 Å². The number of nitrogens with zero attached hydrogens (tertiary/aromatic N) is 3. The summed E-state index contributed by atoms with van der Waals surface area (Å²) in [6, 6.07) is 3.39. The average Bonchev–Trinajstić information content (AvgIpc) is 3.01. The largest absolute Gasteiger partial charge is 0.468 e. The number of carbonyl (C=O) groups excluding carboxylic acids is 1. The van der Waals surface area contributed by atoms with Gasteiger partial charge in [0.25, 0.3) is 0 Å². The van der Waals surface area contributed by atoms with Crippen LogP contribution in [-0.2, 0) is 0 Å². The van der Waals surface area contributed by atoms with Gasteiger partial charge in [0.1, 0.15) is 10.8 Å². The minimum Gasteiger partial charge on any atom is -0.468 e. The molecule has 1 atom stereocenters. The SMILES string of the molecule is Cc1nnc(NC(=O)NC[C@H](c2ccco2)N(C)C)s1. The molecular weight excluding hydrogens is 278 g/mol. The molecule has 0 aliphatic rings. The molecule has 0 bridgehead atoms. The lowest BCUT2D eigenvalue weighted by Gasteiger charge is -2.22. The van der Waals surface area contributed by atoms with E-state index >= 15 is 0 Å². The molecule has 0 aromatic carbocycles. The van der Waals surface area contributed by atoms with Crippen LogP contribution in [-0.4, -0.2) is 41.8 Å². The van der Waals surface area contributed by atoms with Gasteiger partial charge < -0.3 is 9.73 Å². The molecule has 2 N–H and O–H groups in total. The second-order valence-corrected chi connectivity index (χ2v) is 5.64. The fraction of sp³-hybridized carbons (Fsp3) is 0.417. The molecule has 0 unspecified atom stereocenters. The maximum Gasteiger partial charge on any atom is 0.321 e. The Labute approximate surface area is 121 Å². The normalized spacial score (nSPS) is 12.4. The summed E-state index contributed by atoms with van der Waals surface area (Å²) in [6.07, 6.45) is 1.62. The van der Waals surface area contributed by atoms with Crippen LogP contribution in [0.5, 0.6) is 0 Å². The summed E-state index contributed by atoms with van der Waals surface area (Å²) in [7, 11) is 3.86. The fourth-order valence-electron chi connectivity index (χ4n) is 1.70. The first-order chi connectivity index (χ1) is 9.56. The van der Waals surface area contributed by atoms with Crippen molar-refractivity contribution in [3.8, 4) is 0 Å². The molecule has 2 aromatic heterocycles. The van der Waals surface area contributed by atoms with Gasteiger partial charge in [0.2, 0.25) is 5.13 Å². The van der Waals surface area contributed by atoms with Gasteiger partial charge in [0.15, 0.2) is 0 Å². The van der Waals surface area contributed by atoms with E-state index < -0.39 is 0 Å². The molecule has 8 heteroatoms. The molecule has 0 aliphatic heterocycles. The molecular formula is C12H17N5O2S. The third-order valence-electron chi connectivity index (χ3n) is 2.70. The van der Waals surface area contributed by atoms with E-state index in [9.17, 15) is 4.79 Å². The number of furan rings is 1. The molecule has 20 heavy (non-hydrogen) atoms. The van der Waals surface area contributed by atoms with Crippen molar-refractivity contribution >= 4 is 22.5 Å². The predicted molar refractivity (Wildman–Crippen MR) is 76.8 cm³/mol. The molecule has 0 saturated carbocycles. The van der Waals surface area contributed by atoms with Crippen LogP contribution in [0.4, 0.5) is 9.93 Å². The van der Waals surface area contributed by atoms with Crippen LogP contribution in [0.2, 0.25) is 0 Å². The average molecular weight is 295 g/mol. The topological polar surface area (TPSA) is 83.3 Å².